The molecular formula is C14H26ClN5O2. The van der Waals surface area contributed by atoms with Crippen LogP contribution in [-0.2, 0) is 16.6 Å². The van der Waals surface area contributed by atoms with Crippen LogP contribution in [0.5, 0.6) is 0 Å². The topological polar surface area (TPSA) is 70.5 Å². The average molecular weight is 332 g/mol. The lowest BCUT2D eigenvalue weighted by Gasteiger charge is -2.25. The summed E-state index contributed by atoms with van der Waals surface area (Å²) in [7, 11) is 5.16. The van der Waals surface area contributed by atoms with Gasteiger partial charge in [-0.2, -0.15) is 5.10 Å². The average Bonchev–Trinajstić information content (AvgIpc) is 2.87. The molecule has 1 aromatic heterocycles. The number of nitrogens with one attached hydrogen (secondary N) is 1. The molecule has 0 saturated carbocycles. The Morgan fingerprint density at radius 3 is 2.36 bits per heavy atom. The van der Waals surface area contributed by atoms with Crippen molar-refractivity contribution in [3.05, 3.63) is 18.0 Å². The molecule has 2 amide bonds. The van der Waals surface area contributed by atoms with E-state index >= 15 is 0 Å². The number of aryl methyl sites for hydroxylation is 1. The van der Waals surface area contributed by atoms with Crippen LogP contribution in [-0.4, -0.2) is 65.1 Å². The summed E-state index contributed by atoms with van der Waals surface area (Å²) >= 11 is 0. The molecule has 7 nitrogen and oxygen atoms in total. The molecule has 0 aliphatic rings. The van der Waals surface area contributed by atoms with E-state index in [1.54, 1.807) is 43.1 Å². The highest BCUT2D eigenvalue weighted by atomic mass is 35.5. The van der Waals surface area contributed by atoms with E-state index in [4.69, 9.17) is 0 Å². The maximum absolute atomic E-state index is 12.5. The van der Waals surface area contributed by atoms with Gasteiger partial charge in [0.05, 0.1) is 12.7 Å². The highest BCUT2D eigenvalue weighted by Gasteiger charge is 2.25. The van der Waals surface area contributed by atoms with Crippen molar-refractivity contribution in [1.29, 1.82) is 0 Å². The number of rotatable bonds is 7. The molecular weight excluding hydrogens is 306 g/mol. The maximum Gasteiger partial charge on any atom is 0.244 e. The minimum atomic E-state index is -0.492. The van der Waals surface area contributed by atoms with Gasteiger partial charge >= 0.3 is 0 Å². The molecule has 0 fully saturated rings. The molecule has 0 spiro atoms. The van der Waals surface area contributed by atoms with Crippen LogP contribution in [0.1, 0.15) is 25.5 Å². The van der Waals surface area contributed by atoms with Crippen LogP contribution in [0.4, 0.5) is 0 Å². The largest absolute Gasteiger partial charge is 0.342 e. The molecule has 0 saturated heterocycles. The van der Waals surface area contributed by atoms with E-state index < -0.39 is 6.04 Å². The van der Waals surface area contributed by atoms with Crippen LogP contribution in [0, 0.1) is 0 Å². The molecule has 1 heterocycles. The molecule has 1 rings (SSSR count). The van der Waals surface area contributed by atoms with Crippen molar-refractivity contribution in [1.82, 2.24) is 24.9 Å². The number of carbonyl (C=O) groups excluding carboxylic acids is 2. The third-order valence-electron chi connectivity index (χ3n) is 3.46. The van der Waals surface area contributed by atoms with Crippen LogP contribution in [0.2, 0.25) is 0 Å². The lowest BCUT2D eigenvalue weighted by molar-refractivity contribution is -0.140. The Morgan fingerprint density at radius 1 is 1.36 bits per heavy atom. The predicted octanol–water partition coefficient (Wildman–Crippen LogP) is 0.429. The first kappa shape index (κ1) is 20.4. The van der Waals surface area contributed by atoms with E-state index in [9.17, 15) is 9.59 Å². The van der Waals surface area contributed by atoms with Gasteiger partial charge in [-0.05, 0) is 20.9 Å². The number of hydrogen-bond donors (Lipinski definition) is 1. The van der Waals surface area contributed by atoms with Gasteiger partial charge in [0.25, 0.3) is 0 Å². The minimum Gasteiger partial charge on any atom is -0.342 e. The Bertz CT molecular complexity index is 487. The summed E-state index contributed by atoms with van der Waals surface area (Å²) in [5.41, 5.74) is 0.784. The van der Waals surface area contributed by atoms with E-state index in [0.29, 0.717) is 13.1 Å². The molecule has 0 bridgehead atoms. The maximum atomic E-state index is 12.5. The molecule has 1 atom stereocenters. The standard InChI is InChI=1S/C14H25N5O2.ClH/c1-6-19(7-2)12(20)10-17(4)14(21)13(15-3)11-8-16-18(5)9-11;/h8-9,13,15H,6-7,10H2,1-5H3;1H. The molecule has 1 aromatic rings. The Morgan fingerprint density at radius 2 is 1.95 bits per heavy atom. The second kappa shape index (κ2) is 9.42. The van der Waals surface area contributed by atoms with Gasteiger partial charge < -0.3 is 15.1 Å². The lowest BCUT2D eigenvalue weighted by atomic mass is 10.1. The van der Waals surface area contributed by atoms with Crippen molar-refractivity contribution in [3.63, 3.8) is 0 Å². The first-order chi connectivity index (χ1) is 9.94. The van der Waals surface area contributed by atoms with Crippen LogP contribution in [0.15, 0.2) is 12.4 Å². The van der Waals surface area contributed by atoms with Crippen molar-refractivity contribution < 1.29 is 9.59 Å². The first-order valence-electron chi connectivity index (χ1n) is 7.13. The number of likely N-dealkylation sites (N-methyl/N-ethyl adjacent to an activating group) is 3. The molecule has 126 valence electrons. The fourth-order valence-electron chi connectivity index (χ4n) is 2.20. The van der Waals surface area contributed by atoms with E-state index in [1.807, 2.05) is 13.8 Å². The molecule has 0 aliphatic heterocycles. The second-order valence-electron chi connectivity index (χ2n) is 4.93. The summed E-state index contributed by atoms with van der Waals surface area (Å²) in [6.07, 6.45) is 3.44. The zero-order valence-corrected chi connectivity index (χ0v) is 14.7. The van der Waals surface area contributed by atoms with Gasteiger partial charge in [0.2, 0.25) is 11.8 Å². The highest BCUT2D eigenvalue weighted by molar-refractivity contribution is 5.88. The van der Waals surface area contributed by atoms with E-state index in [1.165, 1.54) is 4.90 Å². The minimum absolute atomic E-state index is 0. The van der Waals surface area contributed by atoms with Crippen molar-refractivity contribution in [2.24, 2.45) is 7.05 Å². The fourth-order valence-corrected chi connectivity index (χ4v) is 2.20. The van der Waals surface area contributed by atoms with E-state index in [0.717, 1.165) is 5.56 Å². The monoisotopic (exact) mass is 331 g/mol. The number of amides is 2. The second-order valence-corrected chi connectivity index (χ2v) is 4.93. The SMILES string of the molecule is CCN(CC)C(=O)CN(C)C(=O)C(NC)c1cnn(C)c1.Cl. The van der Waals surface area contributed by atoms with Gasteiger partial charge in [-0.1, -0.05) is 0 Å². The number of halogens is 1. The Labute approximate surface area is 138 Å². The van der Waals surface area contributed by atoms with E-state index in [-0.39, 0.29) is 30.8 Å². The Kier molecular flexibility index (Phi) is 8.74. The van der Waals surface area contributed by atoms with Gasteiger partial charge in [-0.15, -0.1) is 12.4 Å². The Hall–Kier alpha value is -1.60. The van der Waals surface area contributed by atoms with Gasteiger partial charge in [-0.3, -0.25) is 14.3 Å². The summed E-state index contributed by atoms with van der Waals surface area (Å²) < 4.78 is 1.65. The van der Waals surface area contributed by atoms with Crippen LogP contribution >= 0.6 is 12.4 Å². The zero-order valence-electron chi connectivity index (χ0n) is 13.9. The summed E-state index contributed by atoms with van der Waals surface area (Å²) in [4.78, 5) is 27.7. The van der Waals surface area contributed by atoms with Gasteiger partial charge in [0, 0.05) is 38.9 Å². The van der Waals surface area contributed by atoms with Crippen molar-refractivity contribution in [3.8, 4) is 0 Å². The van der Waals surface area contributed by atoms with Crippen LogP contribution in [0.3, 0.4) is 0 Å². The lowest BCUT2D eigenvalue weighted by Crippen LogP contribution is -2.44. The normalized spacial score (nSPS) is 11.5. The summed E-state index contributed by atoms with van der Waals surface area (Å²) in [6, 6.07) is -0.492. The molecule has 0 radical (unpaired) electrons. The summed E-state index contributed by atoms with van der Waals surface area (Å²) in [6.45, 7) is 5.23. The van der Waals surface area contributed by atoms with Crippen molar-refractivity contribution in [2.75, 3.05) is 33.7 Å². The number of aromatic nitrogens is 2. The zero-order chi connectivity index (χ0) is 16.0. The third-order valence-corrected chi connectivity index (χ3v) is 3.46. The number of hydrogen-bond acceptors (Lipinski definition) is 4. The first-order valence-corrected chi connectivity index (χ1v) is 7.13. The van der Waals surface area contributed by atoms with Crippen LogP contribution < -0.4 is 5.32 Å². The third kappa shape index (κ3) is 4.99. The van der Waals surface area contributed by atoms with Gasteiger partial charge in [0.15, 0.2) is 0 Å². The molecule has 8 heteroatoms. The van der Waals surface area contributed by atoms with E-state index in [2.05, 4.69) is 10.4 Å². The molecule has 0 aromatic carbocycles. The van der Waals surface area contributed by atoms with Crippen molar-refractivity contribution in [2.45, 2.75) is 19.9 Å². The van der Waals surface area contributed by atoms with Gasteiger partial charge in [-0.25, -0.2) is 0 Å². The number of carbonyl (C=O) groups is 2. The summed E-state index contributed by atoms with van der Waals surface area (Å²) in [5.74, 6) is -0.192. The predicted molar refractivity (Wildman–Crippen MR) is 87.8 cm³/mol. The smallest absolute Gasteiger partial charge is 0.244 e. The van der Waals surface area contributed by atoms with Gasteiger partial charge in [0.1, 0.15) is 6.04 Å². The Balaban J connectivity index is 0.00000441. The molecule has 0 aliphatic carbocycles. The van der Waals surface area contributed by atoms with Crippen LogP contribution in [0.25, 0.3) is 0 Å². The molecule has 22 heavy (non-hydrogen) atoms. The van der Waals surface area contributed by atoms with Crippen molar-refractivity contribution >= 4 is 24.2 Å². The summed E-state index contributed by atoms with van der Waals surface area (Å²) in [5, 5.41) is 7.05. The quantitative estimate of drug-likeness (QED) is 0.786. The molecule has 1 unspecified atom stereocenters. The fraction of sp³-hybridized carbons (Fsp3) is 0.643. The number of nitrogens with zero attached hydrogens (tertiary/aromatic N) is 4. The highest BCUT2D eigenvalue weighted by Crippen LogP contribution is 2.14. The molecule has 1 N–H and O–H groups in total.